The number of fused-ring (bicyclic) bond motifs is 1. The summed E-state index contributed by atoms with van der Waals surface area (Å²) in [6.45, 7) is 1.70. The van der Waals surface area contributed by atoms with Gasteiger partial charge in [0.05, 0.1) is 5.71 Å². The average molecular weight is 313 g/mol. The number of ketones is 1. The number of carbonyl (C=O) groups excluding carboxylic acids is 1. The van der Waals surface area contributed by atoms with E-state index in [9.17, 15) is 4.79 Å². The number of hydrogen-bond acceptors (Lipinski definition) is 6. The first-order chi connectivity index (χ1) is 10.6. The molecule has 0 amide bonds. The van der Waals surface area contributed by atoms with Crippen LogP contribution in [0.3, 0.4) is 0 Å². The molecule has 0 bridgehead atoms. The minimum atomic E-state index is -0.00698. The van der Waals surface area contributed by atoms with Gasteiger partial charge in [0, 0.05) is 28.8 Å². The maximum Gasteiger partial charge on any atom is 0.181 e. The number of carbonyl (C=O) groups is 1. The van der Waals surface area contributed by atoms with E-state index in [1.165, 1.54) is 0 Å². The molecule has 0 unspecified atom stereocenters. The zero-order valence-corrected chi connectivity index (χ0v) is 13.1. The molecule has 6 heteroatoms. The van der Waals surface area contributed by atoms with Gasteiger partial charge in [-0.3, -0.25) is 4.79 Å². The Morgan fingerprint density at radius 2 is 2.14 bits per heavy atom. The molecule has 2 heterocycles. The first-order valence-corrected chi connectivity index (χ1v) is 7.98. The summed E-state index contributed by atoms with van der Waals surface area (Å²) >= 11 is 1.56. The van der Waals surface area contributed by atoms with Gasteiger partial charge < -0.3 is 10.5 Å². The number of pyridine rings is 1. The number of anilines is 1. The van der Waals surface area contributed by atoms with Crippen molar-refractivity contribution in [1.82, 2.24) is 4.98 Å². The molecule has 1 aromatic carbocycles. The Morgan fingerprint density at radius 1 is 1.32 bits per heavy atom. The predicted molar refractivity (Wildman–Crippen MR) is 88.4 cm³/mol. The summed E-state index contributed by atoms with van der Waals surface area (Å²) in [6, 6.07) is 7.24. The monoisotopic (exact) mass is 313 g/mol. The first kappa shape index (κ1) is 14.6. The van der Waals surface area contributed by atoms with Gasteiger partial charge in [0.1, 0.15) is 11.5 Å². The smallest absolute Gasteiger partial charge is 0.181 e. The first-order valence-electron chi connectivity index (χ1n) is 6.76. The zero-order valence-electron chi connectivity index (χ0n) is 12.3. The third-order valence-corrected chi connectivity index (χ3v) is 4.23. The molecule has 0 atom stereocenters. The van der Waals surface area contributed by atoms with E-state index in [1.807, 2.05) is 18.4 Å². The van der Waals surface area contributed by atoms with Crippen molar-refractivity contribution >= 4 is 34.8 Å². The van der Waals surface area contributed by atoms with Crippen LogP contribution in [-0.2, 0) is 11.2 Å². The number of thioether (sulfide) groups is 1. The molecular formula is C16H15N3O2S. The SMILES string of the molecule is CSc1cc(Oc2ccnc3c2CC(=O)C(C)=N3)ccc1N. The molecule has 5 nitrogen and oxygen atoms in total. The van der Waals surface area contributed by atoms with Gasteiger partial charge in [-0.1, -0.05) is 0 Å². The van der Waals surface area contributed by atoms with E-state index in [1.54, 1.807) is 37.0 Å². The van der Waals surface area contributed by atoms with E-state index in [2.05, 4.69) is 9.98 Å². The van der Waals surface area contributed by atoms with Crippen molar-refractivity contribution in [3.05, 3.63) is 36.0 Å². The highest BCUT2D eigenvalue weighted by atomic mass is 32.2. The lowest BCUT2D eigenvalue weighted by atomic mass is 10.0. The van der Waals surface area contributed by atoms with Crippen molar-refractivity contribution in [3.63, 3.8) is 0 Å². The minimum Gasteiger partial charge on any atom is -0.457 e. The Balaban J connectivity index is 1.98. The number of benzene rings is 1. The van der Waals surface area contributed by atoms with E-state index in [4.69, 9.17) is 10.5 Å². The summed E-state index contributed by atoms with van der Waals surface area (Å²) < 4.78 is 5.93. The van der Waals surface area contributed by atoms with Gasteiger partial charge in [0.15, 0.2) is 11.6 Å². The van der Waals surface area contributed by atoms with E-state index < -0.39 is 0 Å². The van der Waals surface area contributed by atoms with Gasteiger partial charge in [0.25, 0.3) is 0 Å². The molecule has 112 valence electrons. The second-order valence-electron chi connectivity index (χ2n) is 4.91. The third-order valence-electron chi connectivity index (χ3n) is 3.44. The van der Waals surface area contributed by atoms with Gasteiger partial charge in [0.2, 0.25) is 0 Å². The maximum absolute atomic E-state index is 11.9. The summed E-state index contributed by atoms with van der Waals surface area (Å²) in [6.07, 6.45) is 3.85. The highest BCUT2D eigenvalue weighted by molar-refractivity contribution is 7.98. The molecule has 2 aromatic rings. The molecule has 0 saturated carbocycles. The number of aliphatic imine (C=N–C) groups is 1. The lowest BCUT2D eigenvalue weighted by Gasteiger charge is -2.16. The van der Waals surface area contributed by atoms with Crippen molar-refractivity contribution in [1.29, 1.82) is 0 Å². The molecule has 1 aliphatic rings. The van der Waals surface area contributed by atoms with Gasteiger partial charge in [-0.2, -0.15) is 0 Å². The van der Waals surface area contributed by atoms with Gasteiger partial charge >= 0.3 is 0 Å². The lowest BCUT2D eigenvalue weighted by Crippen LogP contribution is -2.17. The van der Waals surface area contributed by atoms with E-state index in [-0.39, 0.29) is 12.2 Å². The predicted octanol–water partition coefficient (Wildman–Crippen LogP) is 3.40. The molecular weight excluding hydrogens is 298 g/mol. The molecule has 0 radical (unpaired) electrons. The molecule has 2 N–H and O–H groups in total. The second kappa shape index (κ2) is 5.81. The maximum atomic E-state index is 11.9. The van der Waals surface area contributed by atoms with Gasteiger partial charge in [-0.05, 0) is 37.4 Å². The van der Waals surface area contributed by atoms with Crippen LogP contribution < -0.4 is 10.5 Å². The van der Waals surface area contributed by atoms with Crippen molar-refractivity contribution in [3.8, 4) is 11.5 Å². The fraction of sp³-hybridized carbons (Fsp3) is 0.188. The zero-order chi connectivity index (χ0) is 15.7. The van der Waals surface area contributed by atoms with Crippen molar-refractivity contribution < 1.29 is 9.53 Å². The molecule has 3 rings (SSSR count). The quantitative estimate of drug-likeness (QED) is 0.694. The Labute approximate surface area is 132 Å². The van der Waals surface area contributed by atoms with Crippen LogP contribution in [0.4, 0.5) is 11.5 Å². The summed E-state index contributed by atoms with van der Waals surface area (Å²) in [7, 11) is 0. The van der Waals surface area contributed by atoms with Crippen molar-refractivity contribution in [2.75, 3.05) is 12.0 Å². The number of nitrogens with two attached hydrogens (primary N) is 1. The van der Waals surface area contributed by atoms with Crippen LogP contribution in [0.2, 0.25) is 0 Å². The van der Waals surface area contributed by atoms with E-state index in [0.29, 0.717) is 28.7 Å². The lowest BCUT2D eigenvalue weighted by molar-refractivity contribution is -0.112. The van der Waals surface area contributed by atoms with Gasteiger partial charge in [-0.25, -0.2) is 9.98 Å². The molecule has 0 spiro atoms. The summed E-state index contributed by atoms with van der Waals surface area (Å²) in [5, 5.41) is 0. The number of nitrogen functional groups attached to an aromatic ring is 1. The topological polar surface area (TPSA) is 77.6 Å². The summed E-state index contributed by atoms with van der Waals surface area (Å²) in [4.78, 5) is 21.3. The number of rotatable bonds is 3. The molecule has 0 saturated heterocycles. The van der Waals surface area contributed by atoms with Crippen LogP contribution in [-0.4, -0.2) is 22.7 Å². The van der Waals surface area contributed by atoms with Crippen molar-refractivity contribution in [2.45, 2.75) is 18.2 Å². The Hall–Kier alpha value is -2.34. The van der Waals surface area contributed by atoms with Crippen LogP contribution in [0.5, 0.6) is 11.5 Å². The number of nitrogens with zero attached hydrogens (tertiary/aromatic N) is 2. The minimum absolute atomic E-state index is 0.00698. The number of ether oxygens (including phenoxy) is 1. The molecule has 0 fully saturated rings. The van der Waals surface area contributed by atoms with Crippen LogP contribution in [0, 0.1) is 0 Å². The fourth-order valence-corrected chi connectivity index (χ4v) is 2.75. The third kappa shape index (κ3) is 2.69. The van der Waals surface area contributed by atoms with Gasteiger partial charge in [-0.15, -0.1) is 11.8 Å². The largest absolute Gasteiger partial charge is 0.457 e. The van der Waals surface area contributed by atoms with E-state index >= 15 is 0 Å². The standard InChI is InChI=1S/C16H15N3O2S/c1-9-13(20)8-11-14(5-6-18-16(11)19-9)21-10-3-4-12(17)15(7-10)22-2/h3-7H,8,17H2,1-2H3. The number of Topliss-reactive ketones (excluding diaryl/α,β-unsaturated/α-hetero) is 1. The molecule has 1 aliphatic heterocycles. The van der Waals surface area contributed by atoms with Crippen molar-refractivity contribution in [2.24, 2.45) is 4.99 Å². The average Bonchev–Trinajstić information content (AvgIpc) is 2.51. The number of hydrogen-bond donors (Lipinski definition) is 1. The van der Waals surface area contributed by atoms with Crippen LogP contribution in [0.15, 0.2) is 40.4 Å². The second-order valence-corrected chi connectivity index (χ2v) is 5.76. The Kier molecular flexibility index (Phi) is 3.85. The van der Waals surface area contributed by atoms with Crippen LogP contribution in [0.25, 0.3) is 0 Å². The van der Waals surface area contributed by atoms with E-state index in [0.717, 1.165) is 10.5 Å². The summed E-state index contributed by atoms with van der Waals surface area (Å²) in [5.41, 5.74) is 7.81. The molecule has 0 aliphatic carbocycles. The highest BCUT2D eigenvalue weighted by Gasteiger charge is 2.22. The number of aromatic nitrogens is 1. The molecule has 1 aromatic heterocycles. The Morgan fingerprint density at radius 3 is 2.91 bits per heavy atom. The summed E-state index contributed by atoms with van der Waals surface area (Å²) in [5.74, 6) is 1.82. The fourth-order valence-electron chi connectivity index (χ4n) is 2.21. The Bertz CT molecular complexity index is 787. The normalized spacial score (nSPS) is 13.5. The molecule has 22 heavy (non-hydrogen) atoms. The van der Waals surface area contributed by atoms with Crippen LogP contribution in [0.1, 0.15) is 12.5 Å². The highest BCUT2D eigenvalue weighted by Crippen LogP contribution is 2.35. The van der Waals surface area contributed by atoms with Crippen LogP contribution >= 0.6 is 11.8 Å².